The minimum absolute atomic E-state index is 0.0315. The number of amides is 1. The average molecular weight is 305 g/mol. The zero-order valence-electron chi connectivity index (χ0n) is 8.89. The van der Waals surface area contributed by atoms with Crippen LogP contribution in [-0.4, -0.2) is 46.8 Å². The molecule has 1 aromatic heterocycles. The Morgan fingerprint density at radius 2 is 2.06 bits per heavy atom. The molecule has 0 spiro atoms. The third-order valence-corrected chi connectivity index (χ3v) is 2.68. The Morgan fingerprint density at radius 1 is 1.44 bits per heavy atom. The van der Waals surface area contributed by atoms with Crippen LogP contribution in [-0.2, 0) is 0 Å². The summed E-state index contributed by atoms with van der Waals surface area (Å²) in [5, 5.41) is 8.67. The van der Waals surface area contributed by atoms with Crippen molar-refractivity contribution in [3.8, 4) is 0 Å². The summed E-state index contributed by atoms with van der Waals surface area (Å²) < 4.78 is 36.8. The van der Waals surface area contributed by atoms with Gasteiger partial charge in [-0.25, -0.2) is 0 Å². The molecule has 1 heterocycles. The van der Waals surface area contributed by atoms with E-state index in [1.165, 1.54) is 0 Å². The molecule has 0 saturated heterocycles. The number of aromatic amines is 1. The number of carbonyl (C=O) groups is 1. The molecule has 0 aliphatic rings. The maximum absolute atomic E-state index is 12.3. The molecule has 0 aliphatic carbocycles. The highest BCUT2D eigenvalue weighted by Gasteiger charge is 2.33. The van der Waals surface area contributed by atoms with Crippen LogP contribution in [0.1, 0.15) is 10.5 Å². The Hall–Kier alpha value is -0.920. The van der Waals surface area contributed by atoms with E-state index in [4.69, 9.17) is 28.3 Å². The van der Waals surface area contributed by atoms with Crippen LogP contribution in [0.15, 0.2) is 6.07 Å². The number of alkyl halides is 3. The van der Waals surface area contributed by atoms with Crippen molar-refractivity contribution in [3.05, 3.63) is 21.9 Å². The van der Waals surface area contributed by atoms with Crippen molar-refractivity contribution in [2.45, 2.75) is 6.18 Å². The van der Waals surface area contributed by atoms with Crippen LogP contribution < -0.4 is 0 Å². The predicted octanol–water partition coefficient (Wildman–Crippen LogP) is 2.32. The topological polar surface area (TPSA) is 56.3 Å². The fourth-order valence-corrected chi connectivity index (χ4v) is 1.59. The van der Waals surface area contributed by atoms with Crippen molar-refractivity contribution in [2.75, 3.05) is 19.7 Å². The van der Waals surface area contributed by atoms with Gasteiger partial charge < -0.3 is 15.0 Å². The minimum atomic E-state index is -4.55. The first kappa shape index (κ1) is 15.1. The van der Waals surface area contributed by atoms with Crippen LogP contribution in [0.3, 0.4) is 0 Å². The number of aliphatic hydroxyl groups is 1. The Labute approximate surface area is 110 Å². The second-order valence-electron chi connectivity index (χ2n) is 3.41. The van der Waals surface area contributed by atoms with Crippen molar-refractivity contribution < 1.29 is 23.1 Å². The lowest BCUT2D eigenvalue weighted by Gasteiger charge is -2.22. The van der Waals surface area contributed by atoms with Gasteiger partial charge in [0.25, 0.3) is 5.91 Å². The van der Waals surface area contributed by atoms with Gasteiger partial charge in [-0.15, -0.1) is 0 Å². The number of H-pyrrole nitrogens is 1. The molecule has 0 aliphatic heterocycles. The largest absolute Gasteiger partial charge is 0.406 e. The van der Waals surface area contributed by atoms with Gasteiger partial charge in [-0.1, -0.05) is 23.2 Å². The highest BCUT2D eigenvalue weighted by atomic mass is 35.5. The normalized spacial score (nSPS) is 11.7. The quantitative estimate of drug-likeness (QED) is 0.897. The van der Waals surface area contributed by atoms with Gasteiger partial charge in [0.1, 0.15) is 17.4 Å². The van der Waals surface area contributed by atoms with E-state index in [1.807, 2.05) is 0 Å². The molecular formula is C9H9Cl2F3N2O2. The number of nitrogens with one attached hydrogen (secondary N) is 1. The van der Waals surface area contributed by atoms with Crippen molar-refractivity contribution in [1.29, 1.82) is 0 Å². The third-order valence-electron chi connectivity index (χ3n) is 1.98. The summed E-state index contributed by atoms with van der Waals surface area (Å²) in [6.45, 7) is -2.47. The number of hydrogen-bond acceptors (Lipinski definition) is 2. The van der Waals surface area contributed by atoms with E-state index in [9.17, 15) is 18.0 Å². The summed E-state index contributed by atoms with van der Waals surface area (Å²) in [5.41, 5.74) is -0.164. The second kappa shape index (κ2) is 5.81. The fraction of sp³-hybridized carbons (Fsp3) is 0.444. The molecule has 0 aromatic carbocycles. The molecule has 0 saturated carbocycles. The molecule has 1 amide bonds. The number of rotatable bonds is 4. The van der Waals surface area contributed by atoms with Crippen LogP contribution in [0.25, 0.3) is 0 Å². The Morgan fingerprint density at radius 3 is 2.44 bits per heavy atom. The molecule has 1 aromatic rings. The lowest BCUT2D eigenvalue weighted by Crippen LogP contribution is -2.40. The first-order valence-corrected chi connectivity index (χ1v) is 5.51. The van der Waals surface area contributed by atoms with Gasteiger partial charge in [-0.3, -0.25) is 4.79 Å². The standard InChI is InChI=1S/C9H9Cl2F3N2O2/c10-5-3-6(15-7(5)11)8(18)16(1-2-17)4-9(12,13)14/h3,15,17H,1-2,4H2. The van der Waals surface area contributed by atoms with Crippen molar-refractivity contribution in [1.82, 2.24) is 9.88 Å². The molecule has 2 N–H and O–H groups in total. The third kappa shape index (κ3) is 4.08. The zero-order chi connectivity index (χ0) is 13.9. The van der Waals surface area contributed by atoms with E-state index in [0.29, 0.717) is 4.90 Å². The molecule has 9 heteroatoms. The van der Waals surface area contributed by atoms with Crippen molar-refractivity contribution in [2.24, 2.45) is 0 Å². The summed E-state index contributed by atoms with van der Waals surface area (Å²) in [5.74, 6) is -0.935. The van der Waals surface area contributed by atoms with Crippen LogP contribution >= 0.6 is 23.2 Å². The van der Waals surface area contributed by atoms with Gasteiger partial charge in [-0.2, -0.15) is 13.2 Å². The van der Waals surface area contributed by atoms with Gasteiger partial charge in [0, 0.05) is 6.54 Å². The fourth-order valence-electron chi connectivity index (χ4n) is 1.28. The second-order valence-corrected chi connectivity index (χ2v) is 4.20. The molecule has 102 valence electrons. The summed E-state index contributed by atoms with van der Waals surface area (Å²) in [4.78, 5) is 14.6. The number of nitrogens with zero attached hydrogens (tertiary/aromatic N) is 1. The minimum Gasteiger partial charge on any atom is -0.395 e. The van der Waals surface area contributed by atoms with Gasteiger partial charge in [0.15, 0.2) is 0 Å². The zero-order valence-corrected chi connectivity index (χ0v) is 10.4. The predicted molar refractivity (Wildman–Crippen MR) is 59.9 cm³/mol. The highest BCUT2D eigenvalue weighted by Crippen LogP contribution is 2.24. The van der Waals surface area contributed by atoms with Gasteiger partial charge in [-0.05, 0) is 6.07 Å². The molecule has 0 unspecified atom stereocenters. The van der Waals surface area contributed by atoms with E-state index >= 15 is 0 Å². The Kier molecular flexibility index (Phi) is 4.89. The summed E-state index contributed by atoms with van der Waals surface area (Å²) in [7, 11) is 0. The molecular weight excluding hydrogens is 296 g/mol. The van der Waals surface area contributed by atoms with Crippen LogP contribution in [0.2, 0.25) is 10.2 Å². The summed E-state index contributed by atoms with van der Waals surface area (Å²) in [6.07, 6.45) is -4.55. The first-order valence-electron chi connectivity index (χ1n) is 4.75. The smallest absolute Gasteiger partial charge is 0.395 e. The molecule has 0 fully saturated rings. The molecule has 0 bridgehead atoms. The number of carbonyl (C=O) groups excluding carboxylic acids is 1. The maximum Gasteiger partial charge on any atom is 0.406 e. The van der Waals surface area contributed by atoms with Crippen LogP contribution in [0.5, 0.6) is 0 Å². The number of aliphatic hydroxyl groups excluding tert-OH is 1. The number of aromatic nitrogens is 1. The lowest BCUT2D eigenvalue weighted by molar-refractivity contribution is -0.141. The van der Waals surface area contributed by atoms with E-state index < -0.39 is 31.8 Å². The van der Waals surface area contributed by atoms with Crippen molar-refractivity contribution >= 4 is 29.1 Å². The first-order chi connectivity index (χ1) is 8.24. The van der Waals surface area contributed by atoms with Gasteiger partial charge in [0.05, 0.1) is 11.6 Å². The lowest BCUT2D eigenvalue weighted by atomic mass is 10.3. The molecule has 0 atom stereocenters. The van der Waals surface area contributed by atoms with Gasteiger partial charge >= 0.3 is 6.18 Å². The SMILES string of the molecule is O=C(c1cc(Cl)c(Cl)[nH]1)N(CCO)CC(F)(F)F. The summed E-state index contributed by atoms with van der Waals surface area (Å²) in [6, 6.07) is 1.13. The maximum atomic E-state index is 12.3. The van der Waals surface area contributed by atoms with Crippen LogP contribution in [0.4, 0.5) is 13.2 Å². The summed E-state index contributed by atoms with van der Waals surface area (Å²) >= 11 is 11.1. The highest BCUT2D eigenvalue weighted by molar-refractivity contribution is 6.41. The number of halogens is 5. The number of hydrogen-bond donors (Lipinski definition) is 2. The molecule has 18 heavy (non-hydrogen) atoms. The Balaban J connectivity index is 2.88. The monoisotopic (exact) mass is 304 g/mol. The van der Waals surface area contributed by atoms with E-state index in [2.05, 4.69) is 4.98 Å². The molecule has 4 nitrogen and oxygen atoms in total. The average Bonchev–Trinajstić information content (AvgIpc) is 2.56. The van der Waals surface area contributed by atoms with E-state index in [1.54, 1.807) is 0 Å². The van der Waals surface area contributed by atoms with Crippen LogP contribution in [0, 0.1) is 0 Å². The van der Waals surface area contributed by atoms with Crippen molar-refractivity contribution in [3.63, 3.8) is 0 Å². The molecule has 0 radical (unpaired) electrons. The van der Waals surface area contributed by atoms with E-state index in [0.717, 1.165) is 6.07 Å². The van der Waals surface area contributed by atoms with E-state index in [-0.39, 0.29) is 15.9 Å². The molecule has 1 rings (SSSR count). The van der Waals surface area contributed by atoms with Gasteiger partial charge in [0.2, 0.25) is 0 Å². The Bertz CT molecular complexity index is 414.